The van der Waals surface area contributed by atoms with E-state index in [1.165, 1.54) is 0 Å². The van der Waals surface area contributed by atoms with Crippen molar-refractivity contribution in [2.75, 3.05) is 31.6 Å². The second-order valence-corrected chi connectivity index (χ2v) is 5.29. The lowest BCUT2D eigenvalue weighted by Gasteiger charge is -2.30. The Labute approximate surface area is 119 Å². The quantitative estimate of drug-likeness (QED) is 0.859. The van der Waals surface area contributed by atoms with Crippen molar-refractivity contribution in [1.29, 1.82) is 0 Å². The highest BCUT2D eigenvalue weighted by Gasteiger charge is 2.31. The van der Waals surface area contributed by atoms with Gasteiger partial charge < -0.3 is 20.1 Å². The smallest absolute Gasteiger partial charge is 0.323 e. The predicted octanol–water partition coefficient (Wildman–Crippen LogP) is 1.73. The second-order valence-electron chi connectivity index (χ2n) is 5.29. The van der Waals surface area contributed by atoms with Gasteiger partial charge in [-0.1, -0.05) is 12.1 Å². The van der Waals surface area contributed by atoms with Crippen LogP contribution >= 0.6 is 0 Å². The van der Waals surface area contributed by atoms with Crippen LogP contribution in [0.4, 0.5) is 5.69 Å². The molecule has 0 bridgehead atoms. The molecule has 1 atom stereocenters. The summed E-state index contributed by atoms with van der Waals surface area (Å²) in [5.41, 5.74) is 0.149. The first-order chi connectivity index (χ1) is 9.57. The SMILES string of the molecule is CNC(C)(CCN1CCCOc2ccccc21)C(=O)O. The van der Waals surface area contributed by atoms with E-state index in [0.717, 1.165) is 24.4 Å². The van der Waals surface area contributed by atoms with Crippen LogP contribution in [-0.4, -0.2) is 43.4 Å². The molecular formula is C15H22N2O3. The van der Waals surface area contributed by atoms with Gasteiger partial charge in [0.1, 0.15) is 11.3 Å². The van der Waals surface area contributed by atoms with Gasteiger partial charge in [0.2, 0.25) is 0 Å². The van der Waals surface area contributed by atoms with Gasteiger partial charge in [0.25, 0.3) is 0 Å². The first-order valence-electron chi connectivity index (χ1n) is 6.96. The van der Waals surface area contributed by atoms with E-state index in [-0.39, 0.29) is 0 Å². The van der Waals surface area contributed by atoms with Crippen LogP contribution in [0.15, 0.2) is 24.3 Å². The highest BCUT2D eigenvalue weighted by Crippen LogP contribution is 2.31. The van der Waals surface area contributed by atoms with Crippen LogP contribution in [-0.2, 0) is 4.79 Å². The van der Waals surface area contributed by atoms with Crippen LogP contribution in [0.2, 0.25) is 0 Å². The predicted molar refractivity (Wildman–Crippen MR) is 78.5 cm³/mol. The highest BCUT2D eigenvalue weighted by molar-refractivity contribution is 5.78. The number of carbonyl (C=O) groups is 1. The second kappa shape index (κ2) is 6.13. The highest BCUT2D eigenvalue weighted by atomic mass is 16.5. The summed E-state index contributed by atoms with van der Waals surface area (Å²) in [7, 11) is 1.69. The number of rotatable bonds is 5. The summed E-state index contributed by atoms with van der Waals surface area (Å²) in [6.45, 7) is 3.99. The lowest BCUT2D eigenvalue weighted by Crippen LogP contribution is -2.49. The molecule has 0 spiro atoms. The van der Waals surface area contributed by atoms with E-state index in [2.05, 4.69) is 10.2 Å². The van der Waals surface area contributed by atoms with Crippen LogP contribution in [0.25, 0.3) is 0 Å². The number of nitrogens with zero attached hydrogens (tertiary/aromatic N) is 1. The number of nitrogens with one attached hydrogen (secondary N) is 1. The van der Waals surface area contributed by atoms with Crippen molar-refractivity contribution in [3.8, 4) is 5.75 Å². The van der Waals surface area contributed by atoms with Crippen LogP contribution in [0.5, 0.6) is 5.75 Å². The van der Waals surface area contributed by atoms with Gasteiger partial charge in [-0.15, -0.1) is 0 Å². The molecule has 1 aliphatic heterocycles. The van der Waals surface area contributed by atoms with Crippen molar-refractivity contribution in [3.05, 3.63) is 24.3 Å². The molecule has 1 heterocycles. The Kier molecular flexibility index (Phi) is 4.49. The van der Waals surface area contributed by atoms with E-state index in [4.69, 9.17) is 4.74 Å². The van der Waals surface area contributed by atoms with Crippen LogP contribution in [0, 0.1) is 0 Å². The van der Waals surface area contributed by atoms with E-state index in [9.17, 15) is 9.90 Å². The monoisotopic (exact) mass is 278 g/mol. The zero-order valence-corrected chi connectivity index (χ0v) is 12.1. The Balaban J connectivity index is 2.11. The van der Waals surface area contributed by atoms with Crippen molar-refractivity contribution >= 4 is 11.7 Å². The number of fused-ring (bicyclic) bond motifs is 1. The topological polar surface area (TPSA) is 61.8 Å². The molecule has 0 radical (unpaired) electrons. The van der Waals surface area contributed by atoms with Crippen molar-refractivity contribution < 1.29 is 14.6 Å². The summed E-state index contributed by atoms with van der Waals surface area (Å²) in [6.07, 6.45) is 1.48. The molecule has 0 amide bonds. The molecule has 0 aliphatic carbocycles. The van der Waals surface area contributed by atoms with Gasteiger partial charge in [0.05, 0.1) is 12.3 Å². The molecule has 0 fully saturated rings. The normalized spacial score (nSPS) is 17.6. The maximum atomic E-state index is 11.3. The fraction of sp³-hybridized carbons (Fsp3) is 0.533. The number of hydrogen-bond acceptors (Lipinski definition) is 4. The van der Waals surface area contributed by atoms with Gasteiger partial charge in [-0.2, -0.15) is 0 Å². The lowest BCUT2D eigenvalue weighted by molar-refractivity contribution is -0.144. The number of hydrogen-bond donors (Lipinski definition) is 2. The van der Waals surface area contributed by atoms with E-state index in [1.54, 1.807) is 14.0 Å². The van der Waals surface area contributed by atoms with E-state index in [1.807, 2.05) is 24.3 Å². The molecular weight excluding hydrogens is 256 g/mol. The lowest BCUT2D eigenvalue weighted by atomic mass is 9.98. The average Bonchev–Trinajstić information content (AvgIpc) is 2.67. The molecule has 0 saturated carbocycles. The van der Waals surface area contributed by atoms with Crippen LogP contribution in [0.1, 0.15) is 19.8 Å². The molecule has 5 nitrogen and oxygen atoms in total. The van der Waals surface area contributed by atoms with E-state index >= 15 is 0 Å². The third-order valence-corrected chi connectivity index (χ3v) is 3.94. The average molecular weight is 278 g/mol. The Bertz CT molecular complexity index is 478. The number of anilines is 1. The third kappa shape index (κ3) is 3.04. The van der Waals surface area contributed by atoms with E-state index in [0.29, 0.717) is 19.6 Å². The standard InChI is InChI=1S/C15H22N2O3/c1-15(16-2,14(18)19)8-10-17-9-5-11-20-13-7-4-3-6-12(13)17/h3-4,6-7,16H,5,8-11H2,1-2H3,(H,18,19). The van der Waals surface area contributed by atoms with Crippen molar-refractivity contribution in [1.82, 2.24) is 5.32 Å². The molecule has 5 heteroatoms. The first kappa shape index (κ1) is 14.7. The minimum absolute atomic E-state index is 0.535. The Morgan fingerprint density at radius 1 is 1.50 bits per heavy atom. The zero-order valence-electron chi connectivity index (χ0n) is 12.1. The Morgan fingerprint density at radius 3 is 2.95 bits per heavy atom. The van der Waals surface area contributed by atoms with Gasteiger partial charge in [-0.3, -0.25) is 4.79 Å². The maximum Gasteiger partial charge on any atom is 0.323 e. The minimum Gasteiger partial charge on any atom is -0.491 e. The molecule has 1 aliphatic rings. The molecule has 1 aromatic carbocycles. The Morgan fingerprint density at radius 2 is 2.25 bits per heavy atom. The van der Waals surface area contributed by atoms with Gasteiger partial charge in [-0.25, -0.2) is 0 Å². The maximum absolute atomic E-state index is 11.3. The van der Waals surface area contributed by atoms with Crippen molar-refractivity contribution in [2.24, 2.45) is 0 Å². The van der Waals surface area contributed by atoms with Crippen molar-refractivity contribution in [2.45, 2.75) is 25.3 Å². The number of likely N-dealkylation sites (N-methyl/N-ethyl adjacent to an activating group) is 1. The molecule has 0 saturated heterocycles. The van der Waals surface area contributed by atoms with Crippen molar-refractivity contribution in [3.63, 3.8) is 0 Å². The third-order valence-electron chi connectivity index (χ3n) is 3.94. The fourth-order valence-electron chi connectivity index (χ4n) is 2.33. The molecule has 1 aromatic rings. The fourth-order valence-corrected chi connectivity index (χ4v) is 2.33. The number of aliphatic carboxylic acids is 1. The minimum atomic E-state index is -0.901. The number of benzene rings is 1. The zero-order chi connectivity index (χ0) is 14.6. The summed E-state index contributed by atoms with van der Waals surface area (Å²) < 4.78 is 5.71. The van der Waals surface area contributed by atoms with Gasteiger partial charge in [0.15, 0.2) is 0 Å². The largest absolute Gasteiger partial charge is 0.491 e. The number of carboxylic acids is 1. The molecule has 1 unspecified atom stereocenters. The number of para-hydroxylation sites is 2. The summed E-state index contributed by atoms with van der Waals surface area (Å²) in [5, 5.41) is 12.2. The van der Waals surface area contributed by atoms with E-state index < -0.39 is 11.5 Å². The summed E-state index contributed by atoms with van der Waals surface area (Å²) >= 11 is 0. The summed E-state index contributed by atoms with van der Waals surface area (Å²) in [6, 6.07) is 7.92. The van der Waals surface area contributed by atoms with Gasteiger partial charge >= 0.3 is 5.97 Å². The van der Waals surface area contributed by atoms with Gasteiger partial charge in [0, 0.05) is 13.1 Å². The first-order valence-corrected chi connectivity index (χ1v) is 6.96. The summed E-state index contributed by atoms with van der Waals surface area (Å²) in [4.78, 5) is 13.5. The number of carboxylic acid groups (broad SMARTS) is 1. The molecule has 110 valence electrons. The van der Waals surface area contributed by atoms with Gasteiger partial charge in [-0.05, 0) is 38.9 Å². The molecule has 2 N–H and O–H groups in total. The Hall–Kier alpha value is -1.75. The molecule has 0 aromatic heterocycles. The van der Waals surface area contributed by atoms with Crippen LogP contribution in [0.3, 0.4) is 0 Å². The molecule has 20 heavy (non-hydrogen) atoms. The number of ether oxygens (including phenoxy) is 1. The summed E-state index contributed by atoms with van der Waals surface area (Å²) in [5.74, 6) is 0.0610. The van der Waals surface area contributed by atoms with Crippen LogP contribution < -0.4 is 15.0 Å². The molecule has 2 rings (SSSR count).